The minimum atomic E-state index is -1.05. The van der Waals surface area contributed by atoms with Gasteiger partial charge < -0.3 is 15.2 Å². The molecule has 7 heteroatoms. The van der Waals surface area contributed by atoms with Gasteiger partial charge >= 0.3 is 0 Å². The lowest BCUT2D eigenvalue weighted by molar-refractivity contribution is -0.140. The second-order valence-electron chi connectivity index (χ2n) is 10.3. The van der Waals surface area contributed by atoms with Gasteiger partial charge in [0.05, 0.1) is 17.7 Å². The van der Waals surface area contributed by atoms with E-state index in [4.69, 9.17) is 20.2 Å². The molecule has 1 amide bonds. The largest absolute Gasteiger partial charge is 0.381 e. The molecule has 2 aliphatic carbocycles. The van der Waals surface area contributed by atoms with Crippen LogP contribution in [0.3, 0.4) is 0 Å². The smallest absolute Gasteiger partial charge is 0.262 e. The highest BCUT2D eigenvalue weighted by Crippen LogP contribution is 2.63. The fourth-order valence-corrected chi connectivity index (χ4v) is 6.98. The molecule has 5 rings (SSSR count). The Hall–Kier alpha value is -2.43. The summed E-state index contributed by atoms with van der Waals surface area (Å²) in [4.78, 5) is 21.2. The van der Waals surface area contributed by atoms with Crippen molar-refractivity contribution in [3.63, 3.8) is 0 Å². The van der Waals surface area contributed by atoms with Gasteiger partial charge in [-0.3, -0.25) is 9.69 Å². The zero-order valence-electron chi connectivity index (χ0n) is 19.7. The molecular weight excluding hydrogens is 416 g/mol. The number of rotatable bonds is 4. The van der Waals surface area contributed by atoms with Gasteiger partial charge in [0.1, 0.15) is 0 Å². The van der Waals surface area contributed by atoms with Gasteiger partial charge in [-0.15, -0.1) is 0 Å². The average molecular weight is 451 g/mol. The van der Waals surface area contributed by atoms with E-state index in [1.165, 1.54) is 0 Å². The van der Waals surface area contributed by atoms with Gasteiger partial charge in [-0.1, -0.05) is 19.4 Å². The van der Waals surface area contributed by atoms with E-state index in [-0.39, 0.29) is 17.4 Å². The number of nitriles is 1. The molecule has 33 heavy (non-hydrogen) atoms. The summed E-state index contributed by atoms with van der Waals surface area (Å²) >= 11 is 0. The second-order valence-corrected chi connectivity index (χ2v) is 10.3. The number of methoxy groups -OCH3 is 1. The van der Waals surface area contributed by atoms with Crippen LogP contribution in [0.4, 0.5) is 0 Å². The zero-order chi connectivity index (χ0) is 23.2. The van der Waals surface area contributed by atoms with Gasteiger partial charge in [0.15, 0.2) is 11.5 Å². The molecule has 4 aliphatic rings. The Balaban J connectivity index is 1.59. The van der Waals surface area contributed by atoms with Gasteiger partial charge in [0.25, 0.3) is 5.91 Å². The molecule has 176 valence electrons. The van der Waals surface area contributed by atoms with Crippen LogP contribution in [0.5, 0.6) is 0 Å². The summed E-state index contributed by atoms with van der Waals surface area (Å²) < 4.78 is 11.3. The third kappa shape index (κ3) is 3.30. The van der Waals surface area contributed by atoms with Crippen molar-refractivity contribution in [3.8, 4) is 6.07 Å². The summed E-state index contributed by atoms with van der Waals surface area (Å²) in [6.07, 6.45) is 6.46. The Labute approximate surface area is 195 Å². The summed E-state index contributed by atoms with van der Waals surface area (Å²) in [6.45, 7) is 4.23. The number of carbonyl (C=O) groups excluding carboxylic acids is 1. The molecule has 0 bridgehead atoms. The lowest BCUT2D eigenvalue weighted by Gasteiger charge is -2.48. The van der Waals surface area contributed by atoms with Crippen LogP contribution in [-0.2, 0) is 26.2 Å². The van der Waals surface area contributed by atoms with Crippen molar-refractivity contribution in [2.75, 3.05) is 26.9 Å². The molecule has 4 unspecified atom stereocenters. The van der Waals surface area contributed by atoms with Crippen molar-refractivity contribution in [1.29, 1.82) is 5.26 Å². The Morgan fingerprint density at radius 2 is 2.12 bits per heavy atom. The highest BCUT2D eigenvalue weighted by atomic mass is 16.5. The first-order valence-corrected chi connectivity index (χ1v) is 12.3. The van der Waals surface area contributed by atoms with Gasteiger partial charge in [-0.25, -0.2) is 4.99 Å². The molecule has 2 N–H and O–H groups in total. The minimum Gasteiger partial charge on any atom is -0.381 e. The molecule has 2 aliphatic heterocycles. The maximum absolute atomic E-state index is 14.4. The highest BCUT2D eigenvalue weighted by Gasteiger charge is 2.67. The predicted octanol–water partition coefficient (Wildman–Crippen LogP) is 3.10. The Bertz CT molecular complexity index is 1010. The van der Waals surface area contributed by atoms with Crippen LogP contribution in [0.2, 0.25) is 0 Å². The summed E-state index contributed by atoms with van der Waals surface area (Å²) in [5.41, 5.74) is 7.70. The van der Waals surface area contributed by atoms with E-state index in [2.05, 4.69) is 13.0 Å². The molecule has 0 aromatic heterocycles. The topological polar surface area (TPSA) is 101 Å². The van der Waals surface area contributed by atoms with Crippen molar-refractivity contribution < 1.29 is 14.3 Å². The summed E-state index contributed by atoms with van der Waals surface area (Å²) in [5.74, 6) is 1.04. The van der Waals surface area contributed by atoms with Gasteiger partial charge in [-0.05, 0) is 73.6 Å². The third-order valence-corrected chi connectivity index (χ3v) is 8.73. The van der Waals surface area contributed by atoms with Crippen LogP contribution >= 0.6 is 0 Å². The Morgan fingerprint density at radius 3 is 2.82 bits per heavy atom. The van der Waals surface area contributed by atoms with Crippen LogP contribution in [0.15, 0.2) is 23.2 Å². The van der Waals surface area contributed by atoms with E-state index < -0.39 is 5.54 Å². The van der Waals surface area contributed by atoms with E-state index in [1.54, 1.807) is 12.0 Å². The molecule has 2 heterocycles. The summed E-state index contributed by atoms with van der Waals surface area (Å²) in [6, 6.07) is 8.02. The number of aliphatic imine (C=N–C) groups is 1. The molecule has 1 saturated heterocycles. The number of ether oxygens (including phenoxy) is 2. The number of amides is 1. The molecule has 1 saturated carbocycles. The Morgan fingerprint density at radius 1 is 1.33 bits per heavy atom. The van der Waals surface area contributed by atoms with Crippen molar-refractivity contribution in [2.45, 2.75) is 63.5 Å². The fraction of sp³-hybridized carbons (Fsp3) is 0.654. The molecule has 7 nitrogen and oxygen atoms in total. The lowest BCUT2D eigenvalue weighted by atomic mass is 9.58. The number of fused-ring (bicyclic) bond motifs is 3. The predicted molar refractivity (Wildman–Crippen MR) is 124 cm³/mol. The first kappa shape index (κ1) is 22.4. The van der Waals surface area contributed by atoms with Crippen LogP contribution in [0.25, 0.3) is 0 Å². The molecular formula is C26H34N4O3. The number of hydrogen-bond donors (Lipinski definition) is 1. The van der Waals surface area contributed by atoms with Crippen LogP contribution < -0.4 is 5.73 Å². The van der Waals surface area contributed by atoms with E-state index in [0.717, 1.165) is 69.3 Å². The number of carbonyl (C=O) groups is 1. The van der Waals surface area contributed by atoms with E-state index in [0.29, 0.717) is 29.9 Å². The van der Waals surface area contributed by atoms with Crippen LogP contribution in [-0.4, -0.2) is 49.7 Å². The minimum absolute atomic E-state index is 0.00829. The number of nitrogens with zero attached hydrogens (tertiary/aromatic N) is 3. The quantitative estimate of drug-likeness (QED) is 0.760. The van der Waals surface area contributed by atoms with Gasteiger partial charge in [-0.2, -0.15) is 5.26 Å². The number of benzene rings is 1. The lowest BCUT2D eigenvalue weighted by Crippen LogP contribution is -2.54. The standard InChI is InChI=1S/C26H34N4O3/c1-3-19-13-25(9-6-22(19)32-2)14-20-5-4-18(15-27)12-21(20)26(25)23(31)30(24(28)29-26)16-17-7-10-33-11-8-17/h4-5,12,17,19,22H,3,6-11,13-14,16H2,1-2H3,(H2,28,29). The first-order valence-electron chi connectivity index (χ1n) is 12.3. The number of guanidine groups is 1. The second kappa shape index (κ2) is 8.41. The molecule has 0 radical (unpaired) electrons. The first-order chi connectivity index (χ1) is 16.0. The summed E-state index contributed by atoms with van der Waals surface area (Å²) in [7, 11) is 1.79. The fourth-order valence-electron chi connectivity index (χ4n) is 6.98. The average Bonchev–Trinajstić information content (AvgIpc) is 3.25. The Kier molecular flexibility index (Phi) is 5.70. The maximum Gasteiger partial charge on any atom is 0.262 e. The molecule has 4 atom stereocenters. The van der Waals surface area contributed by atoms with Crippen molar-refractivity contribution in [3.05, 3.63) is 34.9 Å². The third-order valence-electron chi connectivity index (χ3n) is 8.73. The monoisotopic (exact) mass is 450 g/mol. The van der Waals surface area contributed by atoms with Crippen LogP contribution in [0.1, 0.15) is 62.1 Å². The SMILES string of the molecule is CCC1CC2(CCC1OC)Cc1ccc(C#N)cc1C21N=C(N)N(CC2CCOCC2)C1=O. The molecule has 1 aromatic rings. The summed E-state index contributed by atoms with van der Waals surface area (Å²) in [5, 5.41) is 9.60. The van der Waals surface area contributed by atoms with Gasteiger partial charge in [0.2, 0.25) is 0 Å². The van der Waals surface area contributed by atoms with Crippen LogP contribution in [0, 0.1) is 28.6 Å². The van der Waals surface area contributed by atoms with Crippen molar-refractivity contribution in [2.24, 2.45) is 28.0 Å². The zero-order valence-corrected chi connectivity index (χ0v) is 19.7. The molecule has 2 fully saturated rings. The number of nitrogens with two attached hydrogens (primary N) is 1. The van der Waals surface area contributed by atoms with Gasteiger partial charge in [0, 0.05) is 32.3 Å². The van der Waals surface area contributed by atoms with E-state index in [9.17, 15) is 10.1 Å². The van der Waals surface area contributed by atoms with E-state index in [1.807, 2.05) is 18.2 Å². The number of hydrogen-bond acceptors (Lipinski definition) is 6. The maximum atomic E-state index is 14.4. The molecule has 2 spiro atoms. The van der Waals surface area contributed by atoms with Crippen molar-refractivity contribution >= 4 is 11.9 Å². The van der Waals surface area contributed by atoms with E-state index >= 15 is 0 Å². The van der Waals surface area contributed by atoms with Crippen molar-refractivity contribution in [1.82, 2.24) is 4.90 Å². The normalized spacial score (nSPS) is 34.0. The molecule has 1 aromatic carbocycles. The highest BCUT2D eigenvalue weighted by molar-refractivity contribution is 6.08.